The Bertz CT molecular complexity index is 1450. The molecule has 2 aliphatic carbocycles. The van der Waals surface area contributed by atoms with Gasteiger partial charge in [-0.25, -0.2) is 24.5 Å². The summed E-state index contributed by atoms with van der Waals surface area (Å²) in [5.74, 6) is 1.62. The van der Waals surface area contributed by atoms with Crippen molar-refractivity contribution in [3.05, 3.63) is 40.7 Å². The molecule has 0 aromatic carbocycles. The van der Waals surface area contributed by atoms with E-state index in [4.69, 9.17) is 32.9 Å². The molecule has 3 aromatic heterocycles. The summed E-state index contributed by atoms with van der Waals surface area (Å²) in [5.41, 5.74) is 0.183. The summed E-state index contributed by atoms with van der Waals surface area (Å²) in [6.45, 7) is 5.33. The topological polar surface area (TPSA) is 131 Å². The van der Waals surface area contributed by atoms with Crippen LogP contribution in [0.15, 0.2) is 34.4 Å². The number of anilines is 1. The Balaban J connectivity index is 1.29. The zero-order valence-electron chi connectivity index (χ0n) is 23.2. The second-order valence-electron chi connectivity index (χ2n) is 11.9. The fourth-order valence-electron chi connectivity index (χ4n) is 6.14. The van der Waals surface area contributed by atoms with Crippen molar-refractivity contribution in [2.24, 2.45) is 11.3 Å². The van der Waals surface area contributed by atoms with Gasteiger partial charge in [-0.1, -0.05) is 41.4 Å². The smallest absolute Gasteiger partial charge is 0.413 e. The van der Waals surface area contributed by atoms with Gasteiger partial charge in [0, 0.05) is 35.9 Å². The Hall–Kier alpha value is -2.76. The molecule has 5 rings (SSSR count). The number of pyridine rings is 1. The van der Waals surface area contributed by atoms with Crippen molar-refractivity contribution in [3.63, 3.8) is 0 Å². The predicted octanol–water partition coefficient (Wildman–Crippen LogP) is 7.47. The van der Waals surface area contributed by atoms with Gasteiger partial charge < -0.3 is 15.2 Å². The second kappa shape index (κ2) is 11.9. The number of carboxylic acid groups (broad SMARTS) is 1. The standard InChI is InChI=1S/C28H34Cl2N6O4S/c1-27(2,3)40-26(39)35-20-14-17(22(29)23(30)34-20)41-18-15-32-21(36-12-11-31-24(18)36)13-16-6-9-28(10-7-16)8-4-5-19(28)33-25(37)38/h11-12,14-16,19,33H,4-10,13H2,1-3H3,(H,37,38)(H,34,35,39). The number of rotatable bonds is 6. The molecule has 10 nitrogen and oxygen atoms in total. The van der Waals surface area contributed by atoms with Crippen molar-refractivity contribution < 1.29 is 19.4 Å². The monoisotopic (exact) mass is 620 g/mol. The molecular formula is C28H34Cl2N6O4S. The maximum atomic E-state index is 12.3. The van der Waals surface area contributed by atoms with E-state index in [9.17, 15) is 14.7 Å². The van der Waals surface area contributed by atoms with E-state index in [0.717, 1.165) is 67.7 Å². The van der Waals surface area contributed by atoms with Gasteiger partial charge in [-0.05, 0) is 76.7 Å². The van der Waals surface area contributed by atoms with E-state index in [1.165, 1.54) is 11.8 Å². The molecule has 2 aliphatic rings. The Morgan fingerprint density at radius 1 is 1.17 bits per heavy atom. The molecule has 13 heteroatoms. The first-order valence-electron chi connectivity index (χ1n) is 13.8. The zero-order chi connectivity index (χ0) is 29.4. The first-order valence-corrected chi connectivity index (χ1v) is 15.3. The minimum atomic E-state index is -0.922. The lowest BCUT2D eigenvalue weighted by atomic mass is 9.67. The minimum absolute atomic E-state index is 0.0594. The predicted molar refractivity (Wildman–Crippen MR) is 158 cm³/mol. The van der Waals surface area contributed by atoms with Crippen molar-refractivity contribution in [1.82, 2.24) is 24.7 Å². The van der Waals surface area contributed by atoms with Gasteiger partial charge in [0.15, 0.2) is 10.8 Å². The number of nitrogens with one attached hydrogen (secondary N) is 2. The first kappa shape index (κ1) is 29.7. The molecule has 3 aromatic rings. The van der Waals surface area contributed by atoms with E-state index in [0.29, 0.717) is 10.8 Å². The highest BCUT2D eigenvalue weighted by molar-refractivity contribution is 7.99. The fourth-order valence-corrected chi connectivity index (χ4v) is 7.54. The van der Waals surface area contributed by atoms with Crippen LogP contribution in [0.5, 0.6) is 0 Å². The van der Waals surface area contributed by atoms with Gasteiger partial charge in [0.1, 0.15) is 17.2 Å². The van der Waals surface area contributed by atoms with Gasteiger partial charge in [0.25, 0.3) is 0 Å². The van der Waals surface area contributed by atoms with Crippen LogP contribution >= 0.6 is 35.0 Å². The number of imidazole rings is 1. The van der Waals surface area contributed by atoms with Gasteiger partial charge in [0.2, 0.25) is 0 Å². The second-order valence-corrected chi connectivity index (χ2v) is 13.7. The average molecular weight is 622 g/mol. The van der Waals surface area contributed by atoms with Crippen LogP contribution in [0.3, 0.4) is 0 Å². The number of aromatic nitrogens is 4. The first-order chi connectivity index (χ1) is 19.4. The van der Waals surface area contributed by atoms with Crippen molar-refractivity contribution in [1.29, 1.82) is 0 Å². The number of amides is 2. The molecule has 0 saturated heterocycles. The van der Waals surface area contributed by atoms with Crippen molar-refractivity contribution >= 4 is 58.6 Å². The van der Waals surface area contributed by atoms with E-state index in [1.54, 1.807) is 39.2 Å². The number of fused-ring (bicyclic) bond motifs is 1. The van der Waals surface area contributed by atoms with Crippen LogP contribution in [0, 0.1) is 11.3 Å². The van der Waals surface area contributed by atoms with E-state index in [-0.39, 0.29) is 27.5 Å². The number of hydrogen-bond acceptors (Lipinski definition) is 7. The molecule has 0 aliphatic heterocycles. The number of carbonyl (C=O) groups excluding carboxylic acids is 1. The SMILES string of the molecule is CC(C)(C)OC(=O)Nc1cc(Sc2cnc(CC3CCC4(CCCC4NC(=O)O)CC3)n3ccnc23)c(Cl)c(Cl)n1. The molecule has 220 valence electrons. The molecule has 3 heterocycles. The van der Waals surface area contributed by atoms with Gasteiger partial charge in [-0.2, -0.15) is 0 Å². The third-order valence-electron chi connectivity index (χ3n) is 7.98. The summed E-state index contributed by atoms with van der Waals surface area (Å²) in [6, 6.07) is 1.70. The van der Waals surface area contributed by atoms with Crippen LogP contribution in [0.2, 0.25) is 10.2 Å². The van der Waals surface area contributed by atoms with E-state index in [2.05, 4.69) is 20.6 Å². The van der Waals surface area contributed by atoms with E-state index < -0.39 is 17.8 Å². The Morgan fingerprint density at radius 2 is 1.93 bits per heavy atom. The molecule has 0 radical (unpaired) electrons. The molecule has 41 heavy (non-hydrogen) atoms. The molecular weight excluding hydrogens is 587 g/mol. The zero-order valence-corrected chi connectivity index (χ0v) is 25.6. The number of carbonyl (C=O) groups is 2. The lowest BCUT2D eigenvalue weighted by Gasteiger charge is -2.41. The molecule has 1 unspecified atom stereocenters. The van der Waals surface area contributed by atoms with Crippen LogP contribution in [0.1, 0.15) is 71.5 Å². The summed E-state index contributed by atoms with van der Waals surface area (Å²) >= 11 is 14.1. The van der Waals surface area contributed by atoms with Gasteiger partial charge in [-0.3, -0.25) is 9.72 Å². The normalized spacial score (nSPS) is 22.7. The van der Waals surface area contributed by atoms with Crippen molar-refractivity contribution in [3.8, 4) is 0 Å². The fraction of sp³-hybridized carbons (Fsp3) is 0.536. The summed E-state index contributed by atoms with van der Waals surface area (Å²) in [4.78, 5) is 38.5. The third kappa shape index (κ3) is 6.84. The summed E-state index contributed by atoms with van der Waals surface area (Å²) in [5, 5.41) is 15.0. The van der Waals surface area contributed by atoms with Crippen molar-refractivity contribution in [2.75, 3.05) is 5.32 Å². The Kier molecular flexibility index (Phi) is 8.59. The molecule has 1 spiro atoms. The van der Waals surface area contributed by atoms with Crippen LogP contribution in [0.4, 0.5) is 15.4 Å². The molecule has 2 saturated carbocycles. The molecule has 2 fully saturated rings. The van der Waals surface area contributed by atoms with Gasteiger partial charge in [-0.15, -0.1) is 0 Å². The van der Waals surface area contributed by atoms with E-state index in [1.807, 2.05) is 10.6 Å². The van der Waals surface area contributed by atoms with Crippen LogP contribution in [0.25, 0.3) is 5.65 Å². The number of halogens is 2. The lowest BCUT2D eigenvalue weighted by Crippen LogP contribution is -2.45. The number of hydrogen-bond donors (Lipinski definition) is 3. The van der Waals surface area contributed by atoms with Crippen LogP contribution in [-0.2, 0) is 11.2 Å². The highest BCUT2D eigenvalue weighted by Crippen LogP contribution is 2.51. The van der Waals surface area contributed by atoms with E-state index >= 15 is 0 Å². The Labute approximate surface area is 253 Å². The minimum Gasteiger partial charge on any atom is -0.465 e. The van der Waals surface area contributed by atoms with Crippen molar-refractivity contribution in [2.45, 2.75) is 93.6 Å². The maximum Gasteiger partial charge on any atom is 0.413 e. The number of ether oxygens (including phenoxy) is 1. The summed E-state index contributed by atoms with van der Waals surface area (Å²) in [6.07, 6.45) is 12.0. The largest absolute Gasteiger partial charge is 0.465 e. The lowest BCUT2D eigenvalue weighted by molar-refractivity contribution is 0.0635. The third-order valence-corrected chi connectivity index (χ3v) is 9.89. The Morgan fingerprint density at radius 3 is 2.63 bits per heavy atom. The highest BCUT2D eigenvalue weighted by Gasteiger charge is 2.45. The molecule has 1 atom stereocenters. The van der Waals surface area contributed by atoms with Gasteiger partial charge in [0.05, 0.1) is 9.92 Å². The quantitative estimate of drug-likeness (QED) is 0.242. The molecule has 0 bridgehead atoms. The van der Waals surface area contributed by atoms with Crippen LogP contribution in [-0.4, -0.2) is 48.3 Å². The highest BCUT2D eigenvalue weighted by atomic mass is 35.5. The van der Waals surface area contributed by atoms with Crippen LogP contribution < -0.4 is 10.6 Å². The number of nitrogens with zero attached hydrogens (tertiary/aromatic N) is 4. The molecule has 2 amide bonds. The van der Waals surface area contributed by atoms with Gasteiger partial charge >= 0.3 is 12.2 Å². The summed E-state index contributed by atoms with van der Waals surface area (Å²) < 4.78 is 7.32. The molecule has 3 N–H and O–H groups in total. The summed E-state index contributed by atoms with van der Waals surface area (Å²) in [7, 11) is 0. The average Bonchev–Trinajstić information content (AvgIpc) is 3.52. The maximum absolute atomic E-state index is 12.3.